The summed E-state index contributed by atoms with van der Waals surface area (Å²) in [5.74, 6) is 1.98. The van der Waals surface area contributed by atoms with Gasteiger partial charge in [0.25, 0.3) is 0 Å². The number of nitrogens with zero attached hydrogens (tertiary/aromatic N) is 4. The number of rotatable bonds is 6. The SMILES string of the molecule is CC(C)CN1CCN(C(=O)CCc2nc(-c3cccs3)no2)CC1. The summed E-state index contributed by atoms with van der Waals surface area (Å²) in [5, 5.41) is 5.96. The van der Waals surface area contributed by atoms with Crippen molar-refractivity contribution in [3.05, 3.63) is 23.4 Å². The van der Waals surface area contributed by atoms with Gasteiger partial charge in [0.1, 0.15) is 0 Å². The molecule has 2 aromatic rings. The van der Waals surface area contributed by atoms with Crippen molar-refractivity contribution in [2.75, 3.05) is 32.7 Å². The van der Waals surface area contributed by atoms with Gasteiger partial charge in [-0.1, -0.05) is 25.1 Å². The number of aromatic nitrogens is 2. The molecule has 6 nitrogen and oxygen atoms in total. The van der Waals surface area contributed by atoms with Gasteiger partial charge in [-0.2, -0.15) is 4.98 Å². The van der Waals surface area contributed by atoms with E-state index in [2.05, 4.69) is 28.9 Å². The van der Waals surface area contributed by atoms with Gasteiger partial charge < -0.3 is 9.42 Å². The molecule has 0 atom stereocenters. The number of hydrogen-bond acceptors (Lipinski definition) is 6. The molecular weight excluding hydrogens is 324 g/mol. The maximum Gasteiger partial charge on any atom is 0.227 e. The highest BCUT2D eigenvalue weighted by Gasteiger charge is 2.22. The summed E-state index contributed by atoms with van der Waals surface area (Å²) in [6, 6.07) is 3.92. The number of piperazine rings is 1. The van der Waals surface area contributed by atoms with E-state index in [1.165, 1.54) is 0 Å². The lowest BCUT2D eigenvalue weighted by atomic mass is 10.2. The highest BCUT2D eigenvalue weighted by atomic mass is 32.1. The first kappa shape index (κ1) is 17.1. The zero-order chi connectivity index (χ0) is 16.9. The van der Waals surface area contributed by atoms with Crippen LogP contribution in [0.5, 0.6) is 0 Å². The van der Waals surface area contributed by atoms with Crippen LogP contribution in [-0.2, 0) is 11.2 Å². The van der Waals surface area contributed by atoms with Crippen molar-refractivity contribution >= 4 is 17.2 Å². The zero-order valence-corrected chi connectivity index (χ0v) is 15.1. The first-order valence-corrected chi connectivity index (χ1v) is 9.36. The Morgan fingerprint density at radius 1 is 1.33 bits per heavy atom. The Morgan fingerprint density at radius 2 is 2.12 bits per heavy atom. The van der Waals surface area contributed by atoms with E-state index < -0.39 is 0 Å². The van der Waals surface area contributed by atoms with Gasteiger partial charge in [0.05, 0.1) is 4.88 Å². The van der Waals surface area contributed by atoms with Crippen LogP contribution in [0.15, 0.2) is 22.0 Å². The third kappa shape index (κ3) is 4.42. The summed E-state index contributed by atoms with van der Waals surface area (Å²) in [5.41, 5.74) is 0. The Morgan fingerprint density at radius 3 is 2.79 bits per heavy atom. The molecule has 1 aliphatic rings. The number of carbonyl (C=O) groups excluding carboxylic acids is 1. The molecule has 0 spiro atoms. The molecule has 24 heavy (non-hydrogen) atoms. The minimum absolute atomic E-state index is 0.176. The molecule has 1 fully saturated rings. The minimum Gasteiger partial charge on any atom is -0.340 e. The Labute approximate surface area is 146 Å². The van der Waals surface area contributed by atoms with Crippen molar-refractivity contribution < 1.29 is 9.32 Å². The van der Waals surface area contributed by atoms with Crippen molar-refractivity contribution in [3.8, 4) is 10.7 Å². The summed E-state index contributed by atoms with van der Waals surface area (Å²) in [6.07, 6.45) is 0.930. The van der Waals surface area contributed by atoms with E-state index in [1.807, 2.05) is 22.4 Å². The summed E-state index contributed by atoms with van der Waals surface area (Å²) in [7, 11) is 0. The fourth-order valence-corrected chi connectivity index (χ4v) is 3.58. The van der Waals surface area contributed by atoms with Gasteiger partial charge in [0.2, 0.25) is 17.6 Å². The molecular formula is C17H24N4O2S. The molecule has 130 valence electrons. The van der Waals surface area contributed by atoms with Gasteiger partial charge in [0, 0.05) is 45.6 Å². The van der Waals surface area contributed by atoms with Crippen LogP contribution >= 0.6 is 11.3 Å². The Kier molecular flexibility index (Phi) is 5.63. The molecule has 2 aromatic heterocycles. The highest BCUT2D eigenvalue weighted by molar-refractivity contribution is 7.13. The number of hydrogen-bond donors (Lipinski definition) is 0. The lowest BCUT2D eigenvalue weighted by molar-refractivity contribution is -0.133. The standard InChI is InChI=1S/C17H24N4O2S/c1-13(2)12-20-7-9-21(10-8-20)16(22)6-5-15-18-17(19-23-15)14-4-3-11-24-14/h3-4,11,13H,5-10,12H2,1-2H3. The fraction of sp³-hybridized carbons (Fsp3) is 0.588. The second-order valence-electron chi connectivity index (χ2n) is 6.56. The smallest absolute Gasteiger partial charge is 0.227 e. The highest BCUT2D eigenvalue weighted by Crippen LogP contribution is 2.21. The second-order valence-corrected chi connectivity index (χ2v) is 7.51. The second kappa shape index (κ2) is 7.90. The molecule has 0 aromatic carbocycles. The largest absolute Gasteiger partial charge is 0.340 e. The lowest BCUT2D eigenvalue weighted by Crippen LogP contribution is -2.49. The number of aryl methyl sites for hydroxylation is 1. The summed E-state index contributed by atoms with van der Waals surface area (Å²) >= 11 is 1.58. The summed E-state index contributed by atoms with van der Waals surface area (Å²) in [6.45, 7) is 9.12. The first-order valence-electron chi connectivity index (χ1n) is 8.48. The maximum absolute atomic E-state index is 12.4. The van der Waals surface area contributed by atoms with Gasteiger partial charge >= 0.3 is 0 Å². The molecule has 0 N–H and O–H groups in total. The van der Waals surface area contributed by atoms with Crippen LogP contribution in [0.2, 0.25) is 0 Å². The topological polar surface area (TPSA) is 62.5 Å². The van der Waals surface area contributed by atoms with Gasteiger partial charge in [0.15, 0.2) is 0 Å². The van der Waals surface area contributed by atoms with E-state index in [1.54, 1.807) is 11.3 Å². The van der Waals surface area contributed by atoms with Crippen molar-refractivity contribution in [2.24, 2.45) is 5.92 Å². The van der Waals surface area contributed by atoms with Gasteiger partial charge in [-0.25, -0.2) is 0 Å². The molecule has 1 aliphatic heterocycles. The average Bonchev–Trinajstić information content (AvgIpc) is 3.24. The third-order valence-corrected chi connectivity index (χ3v) is 4.98. The van der Waals surface area contributed by atoms with Crippen LogP contribution in [0.1, 0.15) is 26.2 Å². The molecule has 0 bridgehead atoms. The fourth-order valence-electron chi connectivity index (χ4n) is 2.93. The van der Waals surface area contributed by atoms with E-state index >= 15 is 0 Å². The van der Waals surface area contributed by atoms with Crippen LogP contribution in [0.3, 0.4) is 0 Å². The Hall–Kier alpha value is -1.73. The first-order chi connectivity index (χ1) is 11.6. The van der Waals surface area contributed by atoms with E-state index in [0.29, 0.717) is 30.5 Å². The van der Waals surface area contributed by atoms with Crippen LogP contribution in [0.4, 0.5) is 0 Å². The van der Waals surface area contributed by atoms with E-state index in [9.17, 15) is 4.79 Å². The quantitative estimate of drug-likeness (QED) is 0.803. The summed E-state index contributed by atoms with van der Waals surface area (Å²) < 4.78 is 5.25. The van der Waals surface area contributed by atoms with Crippen LogP contribution in [0, 0.1) is 5.92 Å². The van der Waals surface area contributed by atoms with Gasteiger partial charge in [-0.05, 0) is 17.4 Å². The van der Waals surface area contributed by atoms with E-state index in [0.717, 1.165) is 37.6 Å². The molecule has 1 amide bonds. The maximum atomic E-state index is 12.4. The predicted octanol–water partition coefficient (Wildman–Crippen LogP) is 2.53. The number of carbonyl (C=O) groups is 1. The molecule has 7 heteroatoms. The Balaban J connectivity index is 1.45. The van der Waals surface area contributed by atoms with Crippen LogP contribution < -0.4 is 0 Å². The zero-order valence-electron chi connectivity index (χ0n) is 14.3. The van der Waals surface area contributed by atoms with E-state index in [4.69, 9.17) is 4.52 Å². The van der Waals surface area contributed by atoms with Crippen molar-refractivity contribution in [1.82, 2.24) is 19.9 Å². The van der Waals surface area contributed by atoms with Crippen molar-refractivity contribution in [3.63, 3.8) is 0 Å². The molecule has 3 rings (SSSR count). The molecule has 0 unspecified atom stereocenters. The van der Waals surface area contributed by atoms with Crippen molar-refractivity contribution in [2.45, 2.75) is 26.7 Å². The Bertz CT molecular complexity index is 645. The number of amides is 1. The minimum atomic E-state index is 0.176. The molecule has 3 heterocycles. The molecule has 0 saturated carbocycles. The molecule has 0 aliphatic carbocycles. The average molecular weight is 348 g/mol. The normalized spacial score (nSPS) is 16.0. The van der Waals surface area contributed by atoms with Gasteiger partial charge in [-0.3, -0.25) is 9.69 Å². The van der Waals surface area contributed by atoms with E-state index in [-0.39, 0.29) is 5.91 Å². The summed E-state index contributed by atoms with van der Waals surface area (Å²) in [4.78, 5) is 22.1. The number of thiophene rings is 1. The lowest BCUT2D eigenvalue weighted by Gasteiger charge is -2.35. The molecule has 0 radical (unpaired) electrons. The monoisotopic (exact) mass is 348 g/mol. The van der Waals surface area contributed by atoms with Crippen LogP contribution in [0.25, 0.3) is 10.7 Å². The van der Waals surface area contributed by atoms with Crippen molar-refractivity contribution in [1.29, 1.82) is 0 Å². The third-order valence-electron chi connectivity index (χ3n) is 4.11. The molecule has 1 saturated heterocycles. The van der Waals surface area contributed by atoms with Crippen LogP contribution in [-0.4, -0.2) is 58.6 Å². The van der Waals surface area contributed by atoms with Gasteiger partial charge in [-0.15, -0.1) is 11.3 Å². The predicted molar refractivity (Wildman–Crippen MR) is 93.8 cm³/mol.